The average Bonchev–Trinajstić information content (AvgIpc) is 3.53. The number of morpholine rings is 1. The molecule has 4 rings (SSSR count). The van der Waals surface area contributed by atoms with Crippen molar-refractivity contribution in [2.24, 2.45) is 0 Å². The minimum Gasteiger partial charge on any atom is -0.497 e. The fourth-order valence-corrected chi connectivity index (χ4v) is 4.05. The monoisotopic (exact) mass is 358 g/mol. The first kappa shape index (κ1) is 17.3. The Balaban J connectivity index is 1.65. The normalized spacial score (nSPS) is 26.7. The average molecular weight is 358 g/mol. The summed E-state index contributed by atoms with van der Waals surface area (Å²) in [7, 11) is 1.63. The van der Waals surface area contributed by atoms with Crippen LogP contribution in [0.1, 0.15) is 43.7 Å². The van der Waals surface area contributed by atoms with Crippen molar-refractivity contribution in [3.05, 3.63) is 29.8 Å². The summed E-state index contributed by atoms with van der Waals surface area (Å²) in [6.07, 6.45) is 4.63. The van der Waals surface area contributed by atoms with Gasteiger partial charge in [0.05, 0.1) is 13.2 Å². The molecule has 0 radical (unpaired) electrons. The van der Waals surface area contributed by atoms with Crippen molar-refractivity contribution in [1.29, 1.82) is 0 Å². The van der Waals surface area contributed by atoms with Crippen LogP contribution < -0.4 is 4.74 Å². The highest BCUT2D eigenvalue weighted by molar-refractivity contribution is 5.87. The second-order valence-electron chi connectivity index (χ2n) is 7.37. The van der Waals surface area contributed by atoms with Crippen molar-refractivity contribution in [3.63, 3.8) is 0 Å². The number of carbonyl (C=O) groups is 2. The molecule has 3 aliphatic rings. The number of benzene rings is 1. The van der Waals surface area contributed by atoms with Crippen LogP contribution in [0.5, 0.6) is 5.75 Å². The number of hydrogen-bond donors (Lipinski definition) is 0. The summed E-state index contributed by atoms with van der Waals surface area (Å²) in [5, 5.41) is 0. The molecule has 1 aromatic carbocycles. The molecule has 0 aromatic heterocycles. The zero-order valence-electron chi connectivity index (χ0n) is 15.2. The van der Waals surface area contributed by atoms with Crippen molar-refractivity contribution in [2.45, 2.75) is 50.3 Å². The summed E-state index contributed by atoms with van der Waals surface area (Å²) in [6, 6.07) is 7.51. The minimum atomic E-state index is -0.625. The van der Waals surface area contributed by atoms with E-state index in [0.717, 1.165) is 50.1 Å². The Labute approximate surface area is 154 Å². The minimum absolute atomic E-state index is 0.00655. The van der Waals surface area contributed by atoms with Crippen LogP contribution in [0, 0.1) is 0 Å². The highest BCUT2D eigenvalue weighted by atomic mass is 16.5. The van der Waals surface area contributed by atoms with Crippen LogP contribution >= 0.6 is 0 Å². The molecule has 6 heteroatoms. The van der Waals surface area contributed by atoms with Crippen molar-refractivity contribution in [1.82, 2.24) is 9.80 Å². The molecule has 2 unspecified atom stereocenters. The number of carbonyl (C=O) groups excluding carboxylic acids is 2. The molecule has 2 aliphatic heterocycles. The fourth-order valence-electron chi connectivity index (χ4n) is 4.05. The van der Waals surface area contributed by atoms with Gasteiger partial charge in [-0.1, -0.05) is 12.1 Å². The summed E-state index contributed by atoms with van der Waals surface area (Å²) in [6.45, 7) is 1.56. The van der Waals surface area contributed by atoms with Crippen molar-refractivity contribution in [2.75, 3.05) is 26.8 Å². The third-order valence-electron chi connectivity index (χ3n) is 5.57. The first-order valence-corrected chi connectivity index (χ1v) is 9.54. The van der Waals surface area contributed by atoms with Crippen LogP contribution in [0.15, 0.2) is 24.3 Å². The summed E-state index contributed by atoms with van der Waals surface area (Å²) in [4.78, 5) is 29.6. The van der Waals surface area contributed by atoms with Gasteiger partial charge in [0, 0.05) is 19.1 Å². The molecule has 0 spiro atoms. The van der Waals surface area contributed by atoms with Crippen LogP contribution in [0.25, 0.3) is 0 Å². The van der Waals surface area contributed by atoms with E-state index in [4.69, 9.17) is 9.47 Å². The first-order chi connectivity index (χ1) is 12.7. The Morgan fingerprint density at radius 3 is 2.42 bits per heavy atom. The molecule has 1 saturated carbocycles. The smallest absolute Gasteiger partial charge is 0.254 e. The van der Waals surface area contributed by atoms with E-state index < -0.39 is 6.10 Å². The Morgan fingerprint density at radius 2 is 1.81 bits per heavy atom. The largest absolute Gasteiger partial charge is 0.497 e. The van der Waals surface area contributed by atoms with E-state index in [2.05, 4.69) is 0 Å². The topological polar surface area (TPSA) is 59.1 Å². The third kappa shape index (κ3) is 3.30. The molecule has 0 bridgehead atoms. The maximum Gasteiger partial charge on any atom is 0.254 e. The van der Waals surface area contributed by atoms with Crippen LogP contribution in [0.3, 0.4) is 0 Å². The van der Waals surface area contributed by atoms with E-state index in [1.807, 2.05) is 34.1 Å². The van der Waals surface area contributed by atoms with Crippen molar-refractivity contribution < 1.29 is 19.1 Å². The number of methoxy groups -OCH3 is 1. The Bertz CT molecular complexity index is 665. The number of rotatable bonds is 4. The molecule has 1 aromatic rings. The highest BCUT2D eigenvalue weighted by Gasteiger charge is 2.48. The van der Waals surface area contributed by atoms with E-state index in [1.165, 1.54) is 6.42 Å². The lowest BCUT2D eigenvalue weighted by Gasteiger charge is -2.42. The number of amides is 2. The first-order valence-electron chi connectivity index (χ1n) is 9.54. The highest BCUT2D eigenvalue weighted by Crippen LogP contribution is 2.40. The molecule has 3 fully saturated rings. The standard InChI is InChI=1S/C20H26N2O4/c1-25-16-9-5-14(6-10-16)18-19(20(24)21-11-3-2-4-12-21)26-13-17(23)22(18)15-7-8-15/h5-6,9-10,15,18-19H,2-4,7-8,11-13H2,1H3. The van der Waals surface area contributed by atoms with Crippen LogP contribution in [0.4, 0.5) is 0 Å². The zero-order chi connectivity index (χ0) is 18.1. The predicted molar refractivity (Wildman–Crippen MR) is 95.8 cm³/mol. The van der Waals surface area contributed by atoms with E-state index in [1.54, 1.807) is 7.11 Å². The molecule has 2 saturated heterocycles. The van der Waals surface area contributed by atoms with Gasteiger partial charge in [-0.3, -0.25) is 9.59 Å². The Kier molecular flexibility index (Phi) is 4.85. The van der Waals surface area contributed by atoms with Crippen LogP contribution in [0.2, 0.25) is 0 Å². The van der Waals surface area contributed by atoms with E-state index >= 15 is 0 Å². The van der Waals surface area contributed by atoms with Crippen LogP contribution in [-0.2, 0) is 14.3 Å². The fraction of sp³-hybridized carbons (Fsp3) is 0.600. The molecule has 1 aliphatic carbocycles. The lowest BCUT2D eigenvalue weighted by atomic mass is 9.95. The molecule has 6 nitrogen and oxygen atoms in total. The molecule has 0 N–H and O–H groups in total. The van der Waals surface area contributed by atoms with Gasteiger partial charge in [0.1, 0.15) is 12.4 Å². The molecule has 2 amide bonds. The molecule has 2 atom stereocenters. The van der Waals surface area contributed by atoms with Gasteiger partial charge in [-0.2, -0.15) is 0 Å². The lowest BCUT2D eigenvalue weighted by Crippen LogP contribution is -2.56. The van der Waals surface area contributed by atoms with Gasteiger partial charge < -0.3 is 19.3 Å². The van der Waals surface area contributed by atoms with Crippen LogP contribution in [-0.4, -0.2) is 60.6 Å². The molecular weight excluding hydrogens is 332 g/mol. The summed E-state index contributed by atoms with van der Waals surface area (Å²) < 4.78 is 11.1. The number of hydrogen-bond acceptors (Lipinski definition) is 4. The number of piperidine rings is 1. The third-order valence-corrected chi connectivity index (χ3v) is 5.57. The summed E-state index contributed by atoms with van der Waals surface area (Å²) in [5.74, 6) is 0.758. The number of nitrogens with zero attached hydrogens (tertiary/aromatic N) is 2. The quantitative estimate of drug-likeness (QED) is 0.827. The Morgan fingerprint density at radius 1 is 1.12 bits per heavy atom. The summed E-state index contributed by atoms with van der Waals surface area (Å²) in [5.41, 5.74) is 0.932. The zero-order valence-corrected chi connectivity index (χ0v) is 15.2. The maximum absolute atomic E-state index is 13.2. The van der Waals surface area contributed by atoms with Gasteiger partial charge in [-0.05, 0) is 49.8 Å². The number of likely N-dealkylation sites (tertiary alicyclic amines) is 1. The van der Waals surface area contributed by atoms with Crippen molar-refractivity contribution in [3.8, 4) is 5.75 Å². The summed E-state index contributed by atoms with van der Waals surface area (Å²) >= 11 is 0. The van der Waals surface area contributed by atoms with Crippen molar-refractivity contribution >= 4 is 11.8 Å². The predicted octanol–water partition coefficient (Wildman–Crippen LogP) is 2.14. The van der Waals surface area contributed by atoms with Gasteiger partial charge in [0.25, 0.3) is 5.91 Å². The van der Waals surface area contributed by atoms with E-state index in [-0.39, 0.29) is 30.5 Å². The van der Waals surface area contributed by atoms with Gasteiger partial charge in [-0.15, -0.1) is 0 Å². The van der Waals surface area contributed by atoms with E-state index in [9.17, 15) is 9.59 Å². The molecule has 26 heavy (non-hydrogen) atoms. The second kappa shape index (κ2) is 7.27. The maximum atomic E-state index is 13.2. The van der Waals surface area contributed by atoms with Gasteiger partial charge >= 0.3 is 0 Å². The Hall–Kier alpha value is -2.08. The van der Waals surface area contributed by atoms with Gasteiger partial charge in [0.15, 0.2) is 6.10 Å². The molecule has 2 heterocycles. The second-order valence-corrected chi connectivity index (χ2v) is 7.37. The van der Waals surface area contributed by atoms with E-state index in [0.29, 0.717) is 0 Å². The SMILES string of the molecule is COc1ccc(C2C(C(=O)N3CCCCC3)OCC(=O)N2C2CC2)cc1. The van der Waals surface area contributed by atoms with Gasteiger partial charge in [0.2, 0.25) is 5.91 Å². The molecule has 140 valence electrons. The lowest BCUT2D eigenvalue weighted by molar-refractivity contribution is -0.170. The number of ether oxygens (including phenoxy) is 2. The molecular formula is C20H26N2O4. The van der Waals surface area contributed by atoms with Gasteiger partial charge in [-0.25, -0.2) is 0 Å².